The third-order valence-corrected chi connectivity index (χ3v) is 7.70. The number of carbonyl (C=O) groups is 2. The third kappa shape index (κ3) is 7.06. The van der Waals surface area contributed by atoms with E-state index in [1.54, 1.807) is 0 Å². The molecule has 0 unspecified atom stereocenters. The van der Waals surface area contributed by atoms with Gasteiger partial charge in [0, 0.05) is 38.3 Å². The Hall–Kier alpha value is -2.39. The number of carbonyl (C=O) groups excluding carboxylic acids is 2. The number of piperazine rings is 1. The smallest absolute Gasteiger partial charge is 0.238 e. The fourth-order valence-corrected chi connectivity index (χ4v) is 5.53. The number of thioether (sulfide) groups is 1. The predicted molar refractivity (Wildman–Crippen MR) is 135 cm³/mol. The van der Waals surface area contributed by atoms with Crippen LogP contribution in [0.3, 0.4) is 0 Å². The van der Waals surface area contributed by atoms with Crippen molar-refractivity contribution in [1.29, 1.82) is 0 Å². The number of aryl methyl sites for hydroxylation is 2. The fraction of sp³-hybridized carbons (Fsp3) is 0.600. The Balaban J connectivity index is 1.14. The van der Waals surface area contributed by atoms with Gasteiger partial charge >= 0.3 is 0 Å². The second-order valence-electron chi connectivity index (χ2n) is 9.26. The van der Waals surface area contributed by atoms with E-state index in [-0.39, 0.29) is 11.8 Å². The number of nitrogens with zero attached hydrogens (tertiary/aromatic N) is 4. The molecular formula is C25H36N6O2S. The number of amides is 2. The highest BCUT2D eigenvalue weighted by Crippen LogP contribution is 2.28. The van der Waals surface area contributed by atoms with Crippen LogP contribution in [-0.2, 0) is 22.4 Å². The highest BCUT2D eigenvalue weighted by Gasteiger charge is 2.23. The Labute approximate surface area is 206 Å². The highest BCUT2D eigenvalue weighted by molar-refractivity contribution is 7.99. The van der Waals surface area contributed by atoms with Crippen molar-refractivity contribution < 1.29 is 9.59 Å². The number of hydrogen-bond acceptors (Lipinski definition) is 6. The van der Waals surface area contributed by atoms with Gasteiger partial charge in [0.15, 0.2) is 0 Å². The zero-order valence-electron chi connectivity index (χ0n) is 20.1. The number of H-pyrrole nitrogens is 1. The van der Waals surface area contributed by atoms with Gasteiger partial charge in [-0.3, -0.25) is 19.6 Å². The zero-order valence-corrected chi connectivity index (χ0v) is 20.9. The molecule has 2 N–H and O–H groups in total. The van der Waals surface area contributed by atoms with Gasteiger partial charge in [0.25, 0.3) is 0 Å². The van der Waals surface area contributed by atoms with Gasteiger partial charge in [0.2, 0.25) is 17.0 Å². The predicted octanol–water partition coefficient (Wildman–Crippen LogP) is 3.36. The summed E-state index contributed by atoms with van der Waals surface area (Å²) in [5, 5.41) is 11.0. The van der Waals surface area contributed by atoms with Crippen LogP contribution in [0.2, 0.25) is 0 Å². The van der Waals surface area contributed by atoms with Gasteiger partial charge in [-0.25, -0.2) is 4.98 Å². The van der Waals surface area contributed by atoms with Crippen molar-refractivity contribution in [2.75, 3.05) is 43.8 Å². The molecule has 2 amide bonds. The molecule has 4 rings (SSSR count). The molecule has 0 radical (unpaired) electrons. The van der Waals surface area contributed by atoms with Crippen LogP contribution in [0.4, 0.5) is 5.69 Å². The normalized spacial score (nSPS) is 17.3. The molecule has 0 spiro atoms. The van der Waals surface area contributed by atoms with Crippen molar-refractivity contribution in [3.8, 4) is 0 Å². The molecule has 0 atom stereocenters. The molecule has 2 fully saturated rings. The minimum Gasteiger partial charge on any atom is -0.339 e. The number of para-hydroxylation sites is 1. The topological polar surface area (TPSA) is 94.2 Å². The van der Waals surface area contributed by atoms with Crippen molar-refractivity contribution in [1.82, 2.24) is 25.0 Å². The number of rotatable bonds is 10. The lowest BCUT2D eigenvalue weighted by Crippen LogP contribution is -2.50. The lowest BCUT2D eigenvalue weighted by atomic mass is 10.0. The first-order chi connectivity index (χ1) is 16.6. The van der Waals surface area contributed by atoms with E-state index in [9.17, 15) is 9.59 Å². The first kappa shape index (κ1) is 24.7. The fourth-order valence-electron chi connectivity index (χ4n) is 4.81. The van der Waals surface area contributed by atoms with E-state index < -0.39 is 0 Å². The van der Waals surface area contributed by atoms with Gasteiger partial charge in [-0.05, 0) is 30.4 Å². The zero-order chi connectivity index (χ0) is 23.8. The van der Waals surface area contributed by atoms with Gasteiger partial charge in [-0.15, -0.1) is 5.10 Å². The summed E-state index contributed by atoms with van der Waals surface area (Å²) < 4.78 is 0. The number of nitrogens with one attached hydrogen (secondary N) is 2. The Bertz CT molecular complexity index is 950. The molecule has 1 aliphatic carbocycles. The van der Waals surface area contributed by atoms with E-state index >= 15 is 0 Å². The number of benzene rings is 1. The summed E-state index contributed by atoms with van der Waals surface area (Å²) in [6, 6.07) is 7.90. The van der Waals surface area contributed by atoms with Crippen molar-refractivity contribution in [3.63, 3.8) is 0 Å². The molecule has 184 valence electrons. The van der Waals surface area contributed by atoms with Crippen LogP contribution in [0, 0.1) is 5.92 Å². The van der Waals surface area contributed by atoms with Crippen LogP contribution < -0.4 is 5.32 Å². The maximum Gasteiger partial charge on any atom is 0.238 e. The van der Waals surface area contributed by atoms with Gasteiger partial charge < -0.3 is 10.2 Å². The van der Waals surface area contributed by atoms with Crippen LogP contribution >= 0.6 is 11.8 Å². The Kier molecular flexibility index (Phi) is 8.98. The van der Waals surface area contributed by atoms with Crippen LogP contribution in [0.25, 0.3) is 0 Å². The molecule has 0 bridgehead atoms. The molecule has 8 nitrogen and oxygen atoms in total. The van der Waals surface area contributed by atoms with Crippen molar-refractivity contribution >= 4 is 29.3 Å². The van der Waals surface area contributed by atoms with Gasteiger partial charge in [-0.1, -0.05) is 62.6 Å². The van der Waals surface area contributed by atoms with Crippen molar-refractivity contribution in [3.05, 3.63) is 35.7 Å². The molecule has 1 aromatic carbocycles. The van der Waals surface area contributed by atoms with E-state index in [1.165, 1.54) is 43.9 Å². The lowest BCUT2D eigenvalue weighted by Gasteiger charge is -2.34. The summed E-state index contributed by atoms with van der Waals surface area (Å²) in [5.41, 5.74) is 2.02. The molecule has 1 aliphatic heterocycles. The molecule has 1 saturated heterocycles. The number of anilines is 1. The Morgan fingerprint density at radius 1 is 1.15 bits per heavy atom. The SMILES string of the molecule is CCc1ccccc1NC(=O)CN1CCN(C(=O)CSc2n[nH]c(CCC3CCCC3)n2)CC1. The van der Waals surface area contributed by atoms with Crippen LogP contribution in [-0.4, -0.2) is 75.3 Å². The van der Waals surface area contributed by atoms with Crippen molar-refractivity contribution in [2.24, 2.45) is 5.92 Å². The minimum atomic E-state index is -0.00965. The summed E-state index contributed by atoms with van der Waals surface area (Å²) in [6.07, 6.45) is 8.39. The van der Waals surface area contributed by atoms with E-state index in [0.717, 1.165) is 35.8 Å². The molecule has 9 heteroatoms. The first-order valence-electron chi connectivity index (χ1n) is 12.5. The van der Waals surface area contributed by atoms with Crippen LogP contribution in [0.5, 0.6) is 0 Å². The van der Waals surface area contributed by atoms with E-state index in [0.29, 0.717) is 43.6 Å². The lowest BCUT2D eigenvalue weighted by molar-refractivity contribution is -0.130. The summed E-state index contributed by atoms with van der Waals surface area (Å²) in [7, 11) is 0. The van der Waals surface area contributed by atoms with Crippen LogP contribution in [0.1, 0.15) is 50.4 Å². The minimum absolute atomic E-state index is 0.00965. The Morgan fingerprint density at radius 2 is 1.91 bits per heavy atom. The monoisotopic (exact) mass is 484 g/mol. The average molecular weight is 485 g/mol. The highest BCUT2D eigenvalue weighted by atomic mass is 32.2. The molecule has 1 aromatic heterocycles. The van der Waals surface area contributed by atoms with E-state index in [4.69, 9.17) is 0 Å². The summed E-state index contributed by atoms with van der Waals surface area (Å²) in [6.45, 7) is 5.10. The van der Waals surface area contributed by atoms with Gasteiger partial charge in [0.05, 0.1) is 12.3 Å². The van der Waals surface area contributed by atoms with Crippen LogP contribution in [0.15, 0.2) is 29.4 Å². The summed E-state index contributed by atoms with van der Waals surface area (Å²) in [5.74, 6) is 2.19. The maximum atomic E-state index is 12.7. The Morgan fingerprint density at radius 3 is 2.68 bits per heavy atom. The summed E-state index contributed by atoms with van der Waals surface area (Å²) >= 11 is 1.39. The molecule has 2 aromatic rings. The van der Waals surface area contributed by atoms with Gasteiger partial charge in [-0.2, -0.15) is 0 Å². The second-order valence-corrected chi connectivity index (χ2v) is 10.2. The summed E-state index contributed by atoms with van der Waals surface area (Å²) in [4.78, 5) is 33.7. The second kappa shape index (κ2) is 12.4. The number of aromatic amines is 1. The van der Waals surface area contributed by atoms with E-state index in [2.05, 4.69) is 32.3 Å². The number of hydrogen-bond donors (Lipinski definition) is 2. The standard InChI is InChI=1S/C25H36N6O2S/c1-2-20-9-5-6-10-21(20)26-23(32)17-30-13-15-31(16-14-30)24(33)18-34-25-27-22(28-29-25)12-11-19-7-3-4-8-19/h5-6,9-10,19H,2-4,7-8,11-18H2,1H3,(H,26,32)(H,27,28,29). The quantitative estimate of drug-likeness (QED) is 0.502. The molecule has 34 heavy (non-hydrogen) atoms. The molecule has 2 aliphatic rings. The van der Waals surface area contributed by atoms with Gasteiger partial charge in [0.1, 0.15) is 5.82 Å². The molecular weight excluding hydrogens is 448 g/mol. The largest absolute Gasteiger partial charge is 0.339 e. The molecule has 1 saturated carbocycles. The number of aromatic nitrogens is 3. The third-order valence-electron chi connectivity index (χ3n) is 6.86. The first-order valence-corrected chi connectivity index (χ1v) is 13.5. The maximum absolute atomic E-state index is 12.7. The molecule has 2 heterocycles. The average Bonchev–Trinajstić information content (AvgIpc) is 3.54. The van der Waals surface area contributed by atoms with Crippen molar-refractivity contribution in [2.45, 2.75) is 57.0 Å². The van der Waals surface area contributed by atoms with E-state index in [1.807, 2.05) is 29.2 Å².